The number of piperidine rings is 1. The third-order valence-corrected chi connectivity index (χ3v) is 9.41. The van der Waals surface area contributed by atoms with Gasteiger partial charge in [-0.25, -0.2) is 0 Å². The first-order valence-corrected chi connectivity index (χ1v) is 16.8. The maximum absolute atomic E-state index is 13.5. The Kier molecular flexibility index (Phi) is 9.56. The molecule has 3 N–H and O–H groups in total. The van der Waals surface area contributed by atoms with Gasteiger partial charge in [0.15, 0.2) is 5.82 Å². The average Bonchev–Trinajstić information content (AvgIpc) is 3.53. The van der Waals surface area contributed by atoms with E-state index in [2.05, 4.69) is 50.4 Å². The number of amides is 2. The van der Waals surface area contributed by atoms with Gasteiger partial charge < -0.3 is 30.2 Å². The number of aromatic nitrogens is 3. The maximum atomic E-state index is 13.5. The van der Waals surface area contributed by atoms with E-state index in [-0.39, 0.29) is 41.0 Å². The molecular weight excluding hydrogens is 606 g/mol. The Morgan fingerprint density at radius 3 is 2.19 bits per heavy atom. The molecule has 4 aromatic rings. The van der Waals surface area contributed by atoms with E-state index in [0.29, 0.717) is 29.2 Å². The molecular formula is C37H44N7O4. The average molecular weight is 651 g/mol. The third kappa shape index (κ3) is 6.67. The highest BCUT2D eigenvalue weighted by Crippen LogP contribution is 2.38. The van der Waals surface area contributed by atoms with Gasteiger partial charge in [0.1, 0.15) is 11.5 Å². The van der Waals surface area contributed by atoms with Crippen LogP contribution in [-0.4, -0.2) is 87.5 Å². The smallest absolute Gasteiger partial charge is 0.289 e. The second-order valence-corrected chi connectivity index (χ2v) is 12.9. The lowest BCUT2D eigenvalue weighted by Crippen LogP contribution is -2.51. The second-order valence-electron chi connectivity index (χ2n) is 12.9. The molecule has 3 heterocycles. The first kappa shape index (κ1) is 32.9. The lowest BCUT2D eigenvalue weighted by molar-refractivity contribution is -0.136. The predicted molar refractivity (Wildman–Crippen MR) is 186 cm³/mol. The number of benzene rings is 3. The topological polar surface area (TPSA) is 127 Å². The van der Waals surface area contributed by atoms with Crippen LogP contribution >= 0.6 is 0 Å². The zero-order valence-electron chi connectivity index (χ0n) is 28.1. The molecule has 11 nitrogen and oxygen atoms in total. The normalized spacial score (nSPS) is 15.6. The minimum absolute atomic E-state index is 0.00392. The number of phenolic OH excluding ortho intramolecular Hbond substituents is 2. The van der Waals surface area contributed by atoms with Crippen molar-refractivity contribution in [2.45, 2.75) is 46.5 Å². The minimum atomic E-state index is -0.385. The van der Waals surface area contributed by atoms with E-state index in [1.165, 1.54) is 11.8 Å². The summed E-state index contributed by atoms with van der Waals surface area (Å²) in [5.41, 5.74) is 5.01. The Labute approximate surface area is 281 Å². The molecule has 11 heteroatoms. The number of phenols is 2. The molecule has 251 valence electrons. The van der Waals surface area contributed by atoms with Gasteiger partial charge in [0, 0.05) is 74.9 Å². The number of rotatable bonds is 8. The zero-order valence-corrected chi connectivity index (χ0v) is 28.1. The number of hydrogen-bond donors (Lipinski definition) is 3. The number of hydrogen-bond acceptors (Lipinski definition) is 8. The van der Waals surface area contributed by atoms with Gasteiger partial charge in [-0.2, -0.15) is 0 Å². The van der Waals surface area contributed by atoms with Gasteiger partial charge in [-0.3, -0.25) is 14.2 Å². The molecule has 2 aliphatic rings. The van der Waals surface area contributed by atoms with E-state index < -0.39 is 0 Å². The summed E-state index contributed by atoms with van der Waals surface area (Å²) in [5.74, 6) is 0.119. The number of aromatic hydroxyl groups is 2. The molecule has 0 saturated carbocycles. The van der Waals surface area contributed by atoms with E-state index in [1.54, 1.807) is 10.6 Å². The summed E-state index contributed by atoms with van der Waals surface area (Å²) in [4.78, 5) is 33.2. The van der Waals surface area contributed by atoms with Gasteiger partial charge in [-0.05, 0) is 92.3 Å². The number of aryl methyl sites for hydroxylation is 1. The Bertz CT molecular complexity index is 1770. The van der Waals surface area contributed by atoms with Crippen molar-refractivity contribution in [3.05, 3.63) is 77.6 Å². The van der Waals surface area contributed by atoms with E-state index in [1.807, 2.05) is 56.0 Å². The SMILES string of the molecule is CCNC(=O)c1nnc(-c2cc(C(C)C)c(O)cc2O)n1-c1ccc(N2CCC(C(=O)N3CCN(c4cc[c]c(C)c4)CC3)CC2)cc1. The van der Waals surface area contributed by atoms with Crippen LogP contribution in [0, 0.1) is 18.9 Å². The van der Waals surface area contributed by atoms with Crippen LogP contribution in [0.4, 0.5) is 11.4 Å². The number of nitrogens with zero attached hydrogens (tertiary/aromatic N) is 6. The molecule has 0 spiro atoms. The number of carbonyl (C=O) groups excluding carboxylic acids is 2. The molecule has 0 atom stereocenters. The Morgan fingerprint density at radius 1 is 0.875 bits per heavy atom. The molecule has 1 radical (unpaired) electrons. The molecule has 48 heavy (non-hydrogen) atoms. The molecule has 0 aliphatic carbocycles. The minimum Gasteiger partial charge on any atom is -0.508 e. The van der Waals surface area contributed by atoms with Crippen LogP contribution in [0.5, 0.6) is 11.5 Å². The van der Waals surface area contributed by atoms with Crippen molar-refractivity contribution in [3.8, 4) is 28.6 Å². The lowest BCUT2D eigenvalue weighted by atomic mass is 9.94. The van der Waals surface area contributed by atoms with Crippen molar-refractivity contribution < 1.29 is 19.8 Å². The van der Waals surface area contributed by atoms with Crippen molar-refractivity contribution >= 4 is 23.2 Å². The monoisotopic (exact) mass is 650 g/mol. The van der Waals surface area contributed by atoms with Crippen LogP contribution in [0.3, 0.4) is 0 Å². The first-order chi connectivity index (χ1) is 23.1. The number of nitrogens with one attached hydrogen (secondary N) is 1. The highest BCUT2D eigenvalue weighted by molar-refractivity contribution is 5.92. The van der Waals surface area contributed by atoms with Crippen LogP contribution in [0.15, 0.2) is 54.6 Å². The van der Waals surface area contributed by atoms with Crippen molar-refractivity contribution in [1.29, 1.82) is 0 Å². The second kappa shape index (κ2) is 14.0. The third-order valence-electron chi connectivity index (χ3n) is 9.41. The van der Waals surface area contributed by atoms with Crippen molar-refractivity contribution in [3.63, 3.8) is 0 Å². The van der Waals surface area contributed by atoms with Crippen molar-refractivity contribution in [2.75, 3.05) is 55.6 Å². The summed E-state index contributed by atoms with van der Waals surface area (Å²) in [6.45, 7) is 12.9. The summed E-state index contributed by atoms with van der Waals surface area (Å²) < 4.78 is 1.63. The Morgan fingerprint density at radius 2 is 1.54 bits per heavy atom. The molecule has 0 bridgehead atoms. The molecule has 2 amide bonds. The zero-order chi connectivity index (χ0) is 33.9. The van der Waals surface area contributed by atoms with Gasteiger partial charge in [-0.1, -0.05) is 19.9 Å². The van der Waals surface area contributed by atoms with Gasteiger partial charge in [0.25, 0.3) is 5.91 Å². The maximum Gasteiger partial charge on any atom is 0.289 e. The highest BCUT2D eigenvalue weighted by Gasteiger charge is 2.31. The number of piperazine rings is 1. The number of carbonyl (C=O) groups is 2. The Balaban J connectivity index is 1.14. The van der Waals surface area contributed by atoms with E-state index in [4.69, 9.17) is 0 Å². The largest absolute Gasteiger partial charge is 0.508 e. The molecule has 1 aromatic heterocycles. The molecule has 0 unspecified atom stereocenters. The van der Waals surface area contributed by atoms with E-state index in [0.717, 1.165) is 63.4 Å². The lowest BCUT2D eigenvalue weighted by Gasteiger charge is -2.39. The molecule has 6 rings (SSSR count). The van der Waals surface area contributed by atoms with Gasteiger partial charge in [0.2, 0.25) is 11.7 Å². The predicted octanol–water partition coefficient (Wildman–Crippen LogP) is 4.89. The van der Waals surface area contributed by atoms with Crippen LogP contribution in [0.1, 0.15) is 61.3 Å². The van der Waals surface area contributed by atoms with Crippen LogP contribution in [0.2, 0.25) is 0 Å². The van der Waals surface area contributed by atoms with Gasteiger partial charge >= 0.3 is 0 Å². The van der Waals surface area contributed by atoms with Gasteiger partial charge in [0.05, 0.1) is 5.56 Å². The summed E-state index contributed by atoms with van der Waals surface area (Å²) >= 11 is 0. The summed E-state index contributed by atoms with van der Waals surface area (Å²) in [6.07, 6.45) is 1.59. The van der Waals surface area contributed by atoms with Gasteiger partial charge in [-0.15, -0.1) is 10.2 Å². The van der Waals surface area contributed by atoms with Crippen LogP contribution in [-0.2, 0) is 4.79 Å². The summed E-state index contributed by atoms with van der Waals surface area (Å²) in [6, 6.07) is 20.2. The molecule has 3 aromatic carbocycles. The molecule has 2 saturated heterocycles. The molecule has 2 aliphatic heterocycles. The first-order valence-electron chi connectivity index (χ1n) is 16.8. The highest BCUT2D eigenvalue weighted by atomic mass is 16.3. The fourth-order valence-electron chi connectivity index (χ4n) is 6.73. The number of anilines is 2. The van der Waals surface area contributed by atoms with E-state index in [9.17, 15) is 19.8 Å². The summed E-state index contributed by atoms with van der Waals surface area (Å²) in [7, 11) is 0. The van der Waals surface area contributed by atoms with Crippen LogP contribution < -0.4 is 15.1 Å². The summed E-state index contributed by atoms with van der Waals surface area (Å²) in [5, 5.41) is 32.5. The van der Waals surface area contributed by atoms with E-state index >= 15 is 0 Å². The standard InChI is InChI=1S/C37H44N7O4/c1-5-38-36(47)35-40-39-34(31-22-30(24(2)3)32(45)23-33(31)46)44(35)28-11-9-27(10-12-28)41-15-13-26(14-16-41)37(48)43-19-17-42(18-20-43)29-8-6-7-25(4)21-29/h6,8-12,21-24,26,45-46H,5,13-20H2,1-4H3,(H,38,47). The fourth-order valence-corrected chi connectivity index (χ4v) is 6.73. The molecule has 2 fully saturated rings. The van der Waals surface area contributed by atoms with Crippen molar-refractivity contribution in [1.82, 2.24) is 25.0 Å². The quantitative estimate of drug-likeness (QED) is 0.246. The van der Waals surface area contributed by atoms with Crippen LogP contribution in [0.25, 0.3) is 17.1 Å². The Hall–Kier alpha value is -5.06. The fraction of sp³-hybridized carbons (Fsp3) is 0.405. The van der Waals surface area contributed by atoms with Crippen molar-refractivity contribution in [2.24, 2.45) is 5.92 Å².